The predicted octanol–water partition coefficient (Wildman–Crippen LogP) is 3.35. The minimum absolute atomic E-state index is 0.773. The second-order valence-corrected chi connectivity index (χ2v) is 5.96. The number of aromatic nitrogens is 6. The van der Waals surface area contributed by atoms with E-state index in [1.165, 1.54) is 0 Å². The van der Waals surface area contributed by atoms with E-state index in [2.05, 4.69) is 38.5 Å². The summed E-state index contributed by atoms with van der Waals surface area (Å²) in [5.41, 5.74) is 4.82. The fourth-order valence-electron chi connectivity index (χ4n) is 3.07. The Morgan fingerprint density at radius 2 is 1.76 bits per heavy atom. The number of aryl methyl sites for hydroxylation is 1. The zero-order chi connectivity index (χ0) is 16.8. The van der Waals surface area contributed by atoms with Crippen LogP contribution in [0.3, 0.4) is 0 Å². The van der Waals surface area contributed by atoms with Crippen LogP contribution in [0.2, 0.25) is 0 Å². The Morgan fingerprint density at radius 1 is 0.880 bits per heavy atom. The molecule has 0 fully saturated rings. The number of hydrogen-bond donors (Lipinski definition) is 0. The van der Waals surface area contributed by atoms with E-state index in [-0.39, 0.29) is 0 Å². The maximum absolute atomic E-state index is 4.60. The molecular weight excluding hydrogens is 312 g/mol. The van der Waals surface area contributed by atoms with Crippen molar-refractivity contribution in [1.82, 2.24) is 29.4 Å². The molecule has 25 heavy (non-hydrogen) atoms. The van der Waals surface area contributed by atoms with Crippen LogP contribution >= 0.6 is 0 Å². The largest absolute Gasteiger partial charge is 0.282 e. The molecular formula is C19H14N6. The van der Waals surface area contributed by atoms with Gasteiger partial charge < -0.3 is 0 Å². The Balaban J connectivity index is 1.75. The lowest BCUT2D eigenvalue weighted by molar-refractivity contribution is 0.768. The summed E-state index contributed by atoms with van der Waals surface area (Å²) in [5, 5.41) is 14.0. The molecule has 4 heterocycles. The molecule has 0 spiro atoms. The van der Waals surface area contributed by atoms with Gasteiger partial charge in [0.1, 0.15) is 0 Å². The molecule has 6 heteroatoms. The van der Waals surface area contributed by atoms with Gasteiger partial charge in [0.25, 0.3) is 0 Å². The summed E-state index contributed by atoms with van der Waals surface area (Å²) in [5.74, 6) is 0.773. The molecule has 0 atom stereocenters. The van der Waals surface area contributed by atoms with Crippen LogP contribution in [0, 0.1) is 0 Å². The second-order valence-electron chi connectivity index (χ2n) is 5.96. The Morgan fingerprint density at radius 3 is 2.56 bits per heavy atom. The van der Waals surface area contributed by atoms with Crippen LogP contribution in [0.5, 0.6) is 0 Å². The third kappa shape index (κ3) is 2.19. The molecule has 0 saturated heterocycles. The standard InChI is InChI=1S/C19H14N6/c1-24-12-15(11-21-24)18-22-23-19-16-9-14(13-5-3-2-4-6-13)10-20-17(16)7-8-25(18)19/h2-12H,1H3. The average molecular weight is 326 g/mol. The Bertz CT molecular complexity index is 1200. The summed E-state index contributed by atoms with van der Waals surface area (Å²) in [6.07, 6.45) is 7.57. The first-order chi connectivity index (χ1) is 12.3. The molecule has 0 amide bonds. The van der Waals surface area contributed by atoms with Crippen LogP contribution in [0.25, 0.3) is 39.1 Å². The normalized spacial score (nSPS) is 11.4. The third-order valence-electron chi connectivity index (χ3n) is 4.31. The first-order valence-electron chi connectivity index (χ1n) is 7.97. The van der Waals surface area contributed by atoms with Gasteiger partial charge >= 0.3 is 0 Å². The number of hydrogen-bond acceptors (Lipinski definition) is 4. The first-order valence-corrected chi connectivity index (χ1v) is 7.97. The highest BCUT2D eigenvalue weighted by molar-refractivity contribution is 5.94. The number of nitrogens with zero attached hydrogens (tertiary/aromatic N) is 6. The molecule has 0 bridgehead atoms. The molecule has 120 valence electrons. The number of rotatable bonds is 2. The van der Waals surface area contributed by atoms with Crippen LogP contribution in [-0.4, -0.2) is 29.4 Å². The summed E-state index contributed by atoms with van der Waals surface area (Å²) in [7, 11) is 1.89. The van der Waals surface area contributed by atoms with E-state index in [9.17, 15) is 0 Å². The van der Waals surface area contributed by atoms with E-state index in [0.29, 0.717) is 0 Å². The number of benzene rings is 1. The van der Waals surface area contributed by atoms with Crippen LogP contribution < -0.4 is 0 Å². The van der Waals surface area contributed by atoms with Crippen LogP contribution in [0.1, 0.15) is 0 Å². The van der Waals surface area contributed by atoms with Gasteiger partial charge in [-0.15, -0.1) is 10.2 Å². The highest BCUT2D eigenvalue weighted by Crippen LogP contribution is 2.26. The molecule has 0 aliphatic heterocycles. The monoisotopic (exact) mass is 326 g/mol. The molecule has 5 aromatic rings. The molecule has 4 aromatic heterocycles. The fourth-order valence-corrected chi connectivity index (χ4v) is 3.07. The van der Waals surface area contributed by atoms with Crippen molar-refractivity contribution in [2.24, 2.45) is 7.05 Å². The topological polar surface area (TPSA) is 60.9 Å². The van der Waals surface area contributed by atoms with E-state index >= 15 is 0 Å². The Hall–Kier alpha value is -3.54. The van der Waals surface area contributed by atoms with Gasteiger partial charge in [0.2, 0.25) is 0 Å². The molecule has 0 radical (unpaired) electrons. The van der Waals surface area contributed by atoms with Gasteiger partial charge in [-0.2, -0.15) is 5.10 Å². The number of fused-ring (bicyclic) bond motifs is 3. The molecule has 0 N–H and O–H groups in total. The van der Waals surface area contributed by atoms with E-state index in [1.807, 2.05) is 54.3 Å². The van der Waals surface area contributed by atoms with Crippen molar-refractivity contribution in [2.75, 3.05) is 0 Å². The smallest absolute Gasteiger partial charge is 0.171 e. The summed E-state index contributed by atoms with van der Waals surface area (Å²) in [6, 6.07) is 14.3. The molecule has 0 unspecified atom stereocenters. The van der Waals surface area contributed by atoms with Crippen molar-refractivity contribution in [1.29, 1.82) is 0 Å². The summed E-state index contributed by atoms with van der Waals surface area (Å²) in [6.45, 7) is 0. The van der Waals surface area contributed by atoms with Crippen molar-refractivity contribution in [2.45, 2.75) is 0 Å². The Kier molecular flexibility index (Phi) is 2.90. The van der Waals surface area contributed by atoms with Crippen molar-refractivity contribution in [3.63, 3.8) is 0 Å². The van der Waals surface area contributed by atoms with Crippen LogP contribution in [0.4, 0.5) is 0 Å². The van der Waals surface area contributed by atoms with Gasteiger partial charge in [0.15, 0.2) is 11.5 Å². The van der Waals surface area contributed by atoms with Crippen molar-refractivity contribution in [3.8, 4) is 22.5 Å². The van der Waals surface area contributed by atoms with Gasteiger partial charge in [0, 0.05) is 36.6 Å². The lowest BCUT2D eigenvalue weighted by Gasteiger charge is -2.05. The summed E-state index contributed by atoms with van der Waals surface area (Å²) in [4.78, 5) is 4.60. The quantitative estimate of drug-likeness (QED) is 0.499. The number of pyridine rings is 2. The fraction of sp³-hybridized carbons (Fsp3) is 0.0526. The van der Waals surface area contributed by atoms with Gasteiger partial charge in [-0.25, -0.2) is 0 Å². The van der Waals surface area contributed by atoms with Gasteiger partial charge in [-0.1, -0.05) is 30.3 Å². The van der Waals surface area contributed by atoms with Crippen molar-refractivity contribution in [3.05, 3.63) is 67.3 Å². The van der Waals surface area contributed by atoms with Crippen LogP contribution in [-0.2, 0) is 7.05 Å². The summed E-state index contributed by atoms with van der Waals surface area (Å²) >= 11 is 0. The van der Waals surface area contributed by atoms with Crippen molar-refractivity contribution < 1.29 is 0 Å². The molecule has 6 nitrogen and oxygen atoms in total. The molecule has 5 rings (SSSR count). The van der Waals surface area contributed by atoms with Crippen LogP contribution in [0.15, 0.2) is 67.3 Å². The average Bonchev–Trinajstić information content (AvgIpc) is 3.28. The zero-order valence-corrected chi connectivity index (χ0v) is 13.5. The SMILES string of the molecule is Cn1cc(-c2nnc3c4cc(-c5ccccc5)cnc4ccn23)cn1. The minimum Gasteiger partial charge on any atom is -0.282 e. The third-order valence-corrected chi connectivity index (χ3v) is 4.31. The lowest BCUT2D eigenvalue weighted by Crippen LogP contribution is -1.91. The van der Waals surface area contributed by atoms with E-state index in [0.717, 1.165) is 39.1 Å². The van der Waals surface area contributed by atoms with Gasteiger partial charge in [-0.3, -0.25) is 14.1 Å². The second kappa shape index (κ2) is 5.24. The predicted molar refractivity (Wildman–Crippen MR) is 95.9 cm³/mol. The lowest BCUT2D eigenvalue weighted by atomic mass is 10.1. The maximum Gasteiger partial charge on any atom is 0.171 e. The minimum atomic E-state index is 0.773. The Labute approximate surface area is 143 Å². The molecule has 0 aliphatic rings. The van der Waals surface area contributed by atoms with E-state index in [4.69, 9.17) is 0 Å². The van der Waals surface area contributed by atoms with Gasteiger partial charge in [0.05, 0.1) is 17.3 Å². The molecule has 0 aliphatic carbocycles. The van der Waals surface area contributed by atoms with E-state index in [1.54, 1.807) is 10.9 Å². The van der Waals surface area contributed by atoms with Crippen molar-refractivity contribution >= 4 is 16.6 Å². The highest BCUT2D eigenvalue weighted by atomic mass is 15.3. The maximum atomic E-state index is 4.60. The molecule has 1 aromatic carbocycles. The van der Waals surface area contributed by atoms with Gasteiger partial charge in [-0.05, 0) is 17.7 Å². The molecule has 0 saturated carbocycles. The zero-order valence-electron chi connectivity index (χ0n) is 13.5. The first kappa shape index (κ1) is 13.9. The highest BCUT2D eigenvalue weighted by Gasteiger charge is 2.13. The summed E-state index contributed by atoms with van der Waals surface area (Å²) < 4.78 is 3.74. The van der Waals surface area contributed by atoms with E-state index < -0.39 is 0 Å².